The van der Waals surface area contributed by atoms with Crippen molar-refractivity contribution in [1.29, 1.82) is 0 Å². The molecule has 1 fully saturated rings. The average Bonchev–Trinajstić information content (AvgIpc) is 2.81. The smallest absolute Gasteiger partial charge is 0.325 e. The number of nitrogens with zero attached hydrogens (tertiary/aromatic N) is 1. The molecule has 136 valence electrons. The number of benzene rings is 2. The standard InChI is InChI=1S/C18H15F3N2O3/c1-18(12-8-11(19)4-5-13(12)20)16(24)23(17(25)22-18)9-10-3-6-15(26-2)14(21)7-10/h3-8H,9H2,1-2H3,(H,22,25)/t18-/m1/s1. The molecule has 0 aromatic heterocycles. The summed E-state index contributed by atoms with van der Waals surface area (Å²) in [5, 5.41) is 2.38. The lowest BCUT2D eigenvalue weighted by atomic mass is 9.91. The van der Waals surface area contributed by atoms with Gasteiger partial charge < -0.3 is 10.1 Å². The lowest BCUT2D eigenvalue weighted by Gasteiger charge is -2.23. The maximum absolute atomic E-state index is 14.1. The molecule has 1 aliphatic rings. The van der Waals surface area contributed by atoms with Crippen LogP contribution in [0, 0.1) is 17.5 Å². The molecule has 0 spiro atoms. The van der Waals surface area contributed by atoms with Gasteiger partial charge in [-0.1, -0.05) is 6.07 Å². The van der Waals surface area contributed by atoms with Gasteiger partial charge in [-0.05, 0) is 42.8 Å². The monoisotopic (exact) mass is 364 g/mol. The maximum atomic E-state index is 14.1. The van der Waals surface area contributed by atoms with Gasteiger partial charge in [0.1, 0.15) is 17.2 Å². The summed E-state index contributed by atoms with van der Waals surface area (Å²) in [7, 11) is 1.31. The second-order valence-electron chi connectivity index (χ2n) is 6.04. The fourth-order valence-corrected chi connectivity index (χ4v) is 2.89. The lowest BCUT2D eigenvalue weighted by molar-refractivity contribution is -0.131. The summed E-state index contributed by atoms with van der Waals surface area (Å²) in [6.45, 7) is 1.07. The fourth-order valence-electron chi connectivity index (χ4n) is 2.89. The SMILES string of the molecule is COc1ccc(CN2C(=O)N[C@](C)(c3cc(F)ccc3F)C2=O)cc1F. The number of hydrogen-bond donors (Lipinski definition) is 1. The zero-order valence-corrected chi connectivity index (χ0v) is 14.0. The van der Waals surface area contributed by atoms with E-state index in [1.807, 2.05) is 0 Å². The van der Waals surface area contributed by atoms with Crippen LogP contribution >= 0.6 is 0 Å². The summed E-state index contributed by atoms with van der Waals surface area (Å²) in [6.07, 6.45) is 0. The van der Waals surface area contributed by atoms with Gasteiger partial charge in [-0.2, -0.15) is 0 Å². The third-order valence-corrected chi connectivity index (χ3v) is 4.30. The van der Waals surface area contributed by atoms with Gasteiger partial charge in [0.15, 0.2) is 11.6 Å². The molecule has 1 aliphatic heterocycles. The van der Waals surface area contributed by atoms with Crippen LogP contribution in [0.2, 0.25) is 0 Å². The topological polar surface area (TPSA) is 58.6 Å². The molecule has 0 bridgehead atoms. The molecule has 2 aromatic rings. The largest absolute Gasteiger partial charge is 0.494 e. The van der Waals surface area contributed by atoms with Gasteiger partial charge in [-0.3, -0.25) is 9.69 Å². The van der Waals surface area contributed by atoms with Crippen LogP contribution in [0.5, 0.6) is 5.75 Å². The van der Waals surface area contributed by atoms with Crippen molar-refractivity contribution in [2.45, 2.75) is 19.0 Å². The Morgan fingerprint density at radius 2 is 1.81 bits per heavy atom. The summed E-state index contributed by atoms with van der Waals surface area (Å²) in [4.78, 5) is 25.8. The summed E-state index contributed by atoms with van der Waals surface area (Å²) < 4.78 is 46.2. The van der Waals surface area contributed by atoms with Gasteiger partial charge in [0.2, 0.25) is 0 Å². The van der Waals surface area contributed by atoms with E-state index in [9.17, 15) is 22.8 Å². The molecule has 5 nitrogen and oxygen atoms in total. The second kappa shape index (κ2) is 6.36. The first-order valence-electron chi connectivity index (χ1n) is 7.68. The number of nitrogens with one attached hydrogen (secondary N) is 1. The number of urea groups is 1. The Balaban J connectivity index is 1.91. The molecule has 1 N–H and O–H groups in total. The Morgan fingerprint density at radius 1 is 1.08 bits per heavy atom. The molecule has 3 rings (SSSR count). The van der Waals surface area contributed by atoms with Crippen LogP contribution in [0.25, 0.3) is 0 Å². The molecule has 1 heterocycles. The molecular weight excluding hydrogens is 349 g/mol. The number of halogens is 3. The van der Waals surface area contributed by atoms with Crippen molar-refractivity contribution in [3.05, 3.63) is 65.0 Å². The molecule has 0 saturated carbocycles. The highest BCUT2D eigenvalue weighted by atomic mass is 19.1. The molecule has 3 amide bonds. The highest BCUT2D eigenvalue weighted by molar-refractivity contribution is 6.07. The number of carbonyl (C=O) groups excluding carboxylic acids is 2. The molecule has 0 aliphatic carbocycles. The molecule has 2 aromatic carbocycles. The summed E-state index contributed by atoms with van der Waals surface area (Å²) in [5.74, 6) is -2.93. The van der Waals surface area contributed by atoms with Crippen LogP contribution in [0.15, 0.2) is 36.4 Å². The number of carbonyl (C=O) groups is 2. The Bertz CT molecular complexity index is 903. The highest BCUT2D eigenvalue weighted by Crippen LogP contribution is 2.32. The van der Waals surface area contributed by atoms with E-state index in [-0.39, 0.29) is 17.9 Å². The van der Waals surface area contributed by atoms with E-state index in [1.165, 1.54) is 26.2 Å². The first-order valence-corrected chi connectivity index (χ1v) is 7.68. The fraction of sp³-hybridized carbons (Fsp3) is 0.222. The second-order valence-corrected chi connectivity index (χ2v) is 6.04. The normalized spacial score (nSPS) is 19.7. The number of rotatable bonds is 4. The Labute approximate surface area is 147 Å². The molecule has 0 unspecified atom stereocenters. The van der Waals surface area contributed by atoms with Crippen molar-refractivity contribution >= 4 is 11.9 Å². The van der Waals surface area contributed by atoms with Crippen LogP contribution in [0.4, 0.5) is 18.0 Å². The number of methoxy groups -OCH3 is 1. The van der Waals surface area contributed by atoms with E-state index >= 15 is 0 Å². The van der Waals surface area contributed by atoms with E-state index in [0.717, 1.165) is 29.2 Å². The van der Waals surface area contributed by atoms with Crippen LogP contribution < -0.4 is 10.1 Å². The van der Waals surface area contributed by atoms with Gasteiger partial charge in [0.05, 0.1) is 13.7 Å². The number of amides is 3. The van der Waals surface area contributed by atoms with Gasteiger partial charge in [0, 0.05) is 5.56 Å². The van der Waals surface area contributed by atoms with E-state index in [1.54, 1.807) is 0 Å². The predicted octanol–water partition coefficient (Wildman–Crippen LogP) is 3.08. The van der Waals surface area contributed by atoms with Crippen molar-refractivity contribution in [2.75, 3.05) is 7.11 Å². The third kappa shape index (κ3) is 2.87. The van der Waals surface area contributed by atoms with E-state index in [0.29, 0.717) is 5.56 Å². The van der Waals surface area contributed by atoms with Crippen LogP contribution in [-0.4, -0.2) is 23.9 Å². The van der Waals surface area contributed by atoms with Crippen LogP contribution in [-0.2, 0) is 16.9 Å². The molecule has 8 heteroatoms. The Hall–Kier alpha value is -3.03. The first-order chi connectivity index (χ1) is 12.3. The van der Waals surface area contributed by atoms with Gasteiger partial charge in [0.25, 0.3) is 5.91 Å². The molecule has 1 atom stereocenters. The molecule has 0 radical (unpaired) electrons. The van der Waals surface area contributed by atoms with Crippen molar-refractivity contribution in [3.63, 3.8) is 0 Å². The Morgan fingerprint density at radius 3 is 2.46 bits per heavy atom. The summed E-state index contributed by atoms with van der Waals surface area (Å²) in [6, 6.07) is 5.90. The number of imide groups is 1. The Kier molecular flexibility index (Phi) is 4.35. The summed E-state index contributed by atoms with van der Waals surface area (Å²) in [5.41, 5.74) is -1.69. The maximum Gasteiger partial charge on any atom is 0.325 e. The minimum Gasteiger partial charge on any atom is -0.494 e. The molecular formula is C18H15F3N2O3. The van der Waals surface area contributed by atoms with Gasteiger partial charge in [-0.25, -0.2) is 18.0 Å². The van der Waals surface area contributed by atoms with Crippen molar-refractivity contribution in [3.8, 4) is 5.75 Å². The quantitative estimate of drug-likeness (QED) is 0.849. The summed E-state index contributed by atoms with van der Waals surface area (Å²) >= 11 is 0. The van der Waals surface area contributed by atoms with Gasteiger partial charge >= 0.3 is 6.03 Å². The minimum atomic E-state index is -1.76. The van der Waals surface area contributed by atoms with Crippen molar-refractivity contribution in [1.82, 2.24) is 10.2 Å². The van der Waals surface area contributed by atoms with Crippen molar-refractivity contribution < 1.29 is 27.5 Å². The van der Waals surface area contributed by atoms with E-state index in [2.05, 4.69) is 5.32 Å². The zero-order valence-electron chi connectivity index (χ0n) is 14.0. The lowest BCUT2D eigenvalue weighted by Crippen LogP contribution is -2.41. The predicted molar refractivity (Wildman–Crippen MR) is 85.7 cm³/mol. The van der Waals surface area contributed by atoms with E-state index in [4.69, 9.17) is 4.74 Å². The molecule has 26 heavy (non-hydrogen) atoms. The van der Waals surface area contributed by atoms with Crippen LogP contribution in [0.3, 0.4) is 0 Å². The van der Waals surface area contributed by atoms with Crippen molar-refractivity contribution in [2.24, 2.45) is 0 Å². The number of hydrogen-bond acceptors (Lipinski definition) is 3. The first kappa shape index (κ1) is 17.8. The minimum absolute atomic E-state index is 0.0256. The number of ether oxygens (including phenoxy) is 1. The van der Waals surface area contributed by atoms with Crippen LogP contribution in [0.1, 0.15) is 18.1 Å². The van der Waals surface area contributed by atoms with Gasteiger partial charge in [-0.15, -0.1) is 0 Å². The highest BCUT2D eigenvalue weighted by Gasteiger charge is 2.50. The van der Waals surface area contributed by atoms with E-state index < -0.39 is 34.9 Å². The average molecular weight is 364 g/mol. The zero-order chi connectivity index (χ0) is 19.1. The molecule has 1 saturated heterocycles. The third-order valence-electron chi connectivity index (χ3n) is 4.30.